The topological polar surface area (TPSA) is 67.0 Å². The normalized spacial score (nSPS) is 10.8. The number of benzene rings is 3. The Kier molecular flexibility index (Phi) is 5.28. The minimum absolute atomic E-state index is 0.0778. The third-order valence-corrected chi connectivity index (χ3v) is 5.12. The van der Waals surface area contributed by atoms with Gasteiger partial charge in [0, 0.05) is 29.7 Å². The fourth-order valence-corrected chi connectivity index (χ4v) is 3.51. The van der Waals surface area contributed by atoms with Crippen molar-refractivity contribution in [2.75, 3.05) is 5.32 Å². The maximum Gasteiger partial charge on any atom is 0.200 e. The van der Waals surface area contributed by atoms with Gasteiger partial charge in [0.15, 0.2) is 11.6 Å². The smallest absolute Gasteiger partial charge is 0.200 e. The van der Waals surface area contributed by atoms with Gasteiger partial charge in [0.25, 0.3) is 0 Å². The molecule has 2 aromatic heterocycles. The Bertz CT molecular complexity index is 1500. The lowest BCUT2D eigenvalue weighted by Gasteiger charge is -2.12. The second-order valence-corrected chi connectivity index (χ2v) is 7.31. The Hall–Kier alpha value is -4.52. The Morgan fingerprint density at radius 1 is 0.909 bits per heavy atom. The van der Waals surface area contributed by atoms with Crippen LogP contribution in [-0.4, -0.2) is 9.97 Å². The molecule has 0 amide bonds. The molecule has 5 nitrogen and oxygen atoms in total. The molecular formula is C26H17F2N3O2. The highest BCUT2D eigenvalue weighted by Crippen LogP contribution is 2.29. The summed E-state index contributed by atoms with van der Waals surface area (Å²) < 4.78 is 33.5. The number of pyridine rings is 2. The van der Waals surface area contributed by atoms with Crippen molar-refractivity contribution >= 4 is 22.4 Å². The van der Waals surface area contributed by atoms with E-state index in [0.717, 1.165) is 0 Å². The van der Waals surface area contributed by atoms with E-state index in [0.29, 0.717) is 33.5 Å². The van der Waals surface area contributed by atoms with Gasteiger partial charge < -0.3 is 15.0 Å². The molecule has 0 saturated heterocycles. The van der Waals surface area contributed by atoms with E-state index in [9.17, 15) is 13.6 Å². The number of aromatic amines is 1. The maximum absolute atomic E-state index is 14.7. The molecule has 0 atom stereocenters. The SMILES string of the molecule is O=c1c(-c2ccc(F)cc2)c[nH]c2ccnc(Nc3ccc(Oc4ccccc4)c(F)c3)c12. The summed E-state index contributed by atoms with van der Waals surface area (Å²) in [5.74, 6) is -0.0812. The summed E-state index contributed by atoms with van der Waals surface area (Å²) in [6.45, 7) is 0. The molecule has 0 spiro atoms. The van der Waals surface area contributed by atoms with Gasteiger partial charge in [-0.25, -0.2) is 13.8 Å². The van der Waals surface area contributed by atoms with Crippen LogP contribution in [0.15, 0.2) is 96.1 Å². The number of nitrogens with one attached hydrogen (secondary N) is 2. The third kappa shape index (κ3) is 4.16. The Morgan fingerprint density at radius 3 is 2.45 bits per heavy atom. The average Bonchev–Trinajstić information content (AvgIpc) is 2.83. The van der Waals surface area contributed by atoms with Crippen LogP contribution < -0.4 is 15.5 Å². The lowest BCUT2D eigenvalue weighted by atomic mass is 10.0. The van der Waals surface area contributed by atoms with Gasteiger partial charge in [-0.3, -0.25) is 4.79 Å². The highest BCUT2D eigenvalue weighted by atomic mass is 19.1. The number of hydrogen-bond donors (Lipinski definition) is 2. The second kappa shape index (κ2) is 8.55. The molecule has 162 valence electrons. The van der Waals surface area contributed by atoms with Gasteiger partial charge in [-0.05, 0) is 48.0 Å². The molecule has 0 bridgehead atoms. The summed E-state index contributed by atoms with van der Waals surface area (Å²) in [7, 11) is 0. The molecule has 5 aromatic rings. The third-order valence-electron chi connectivity index (χ3n) is 5.12. The number of halogens is 2. The molecule has 2 heterocycles. The van der Waals surface area contributed by atoms with Crippen molar-refractivity contribution in [1.29, 1.82) is 0 Å². The molecule has 0 fully saturated rings. The van der Waals surface area contributed by atoms with Crippen molar-refractivity contribution in [1.82, 2.24) is 9.97 Å². The molecule has 0 aliphatic carbocycles. The van der Waals surface area contributed by atoms with E-state index >= 15 is 0 Å². The van der Waals surface area contributed by atoms with Crippen LogP contribution in [0.4, 0.5) is 20.3 Å². The lowest BCUT2D eigenvalue weighted by Crippen LogP contribution is -2.10. The van der Waals surface area contributed by atoms with Crippen molar-refractivity contribution < 1.29 is 13.5 Å². The molecular weight excluding hydrogens is 424 g/mol. The highest BCUT2D eigenvalue weighted by molar-refractivity contribution is 5.93. The molecule has 0 aliphatic rings. The number of nitrogens with zero attached hydrogens (tertiary/aromatic N) is 1. The number of aromatic nitrogens is 2. The van der Waals surface area contributed by atoms with Crippen LogP contribution in [0.3, 0.4) is 0 Å². The number of ether oxygens (including phenoxy) is 1. The molecule has 2 N–H and O–H groups in total. The van der Waals surface area contributed by atoms with E-state index in [1.807, 2.05) is 6.07 Å². The zero-order chi connectivity index (χ0) is 22.8. The monoisotopic (exact) mass is 441 g/mol. The molecule has 0 saturated carbocycles. The summed E-state index contributed by atoms with van der Waals surface area (Å²) >= 11 is 0. The molecule has 5 rings (SSSR count). The van der Waals surface area contributed by atoms with Gasteiger partial charge in [0.1, 0.15) is 17.4 Å². The predicted molar refractivity (Wildman–Crippen MR) is 124 cm³/mol. The summed E-state index contributed by atoms with van der Waals surface area (Å²) in [4.78, 5) is 20.6. The van der Waals surface area contributed by atoms with Crippen LogP contribution in [0.25, 0.3) is 22.0 Å². The van der Waals surface area contributed by atoms with Crippen LogP contribution >= 0.6 is 0 Å². The number of H-pyrrole nitrogens is 1. The maximum atomic E-state index is 14.7. The number of anilines is 2. The van der Waals surface area contributed by atoms with Crippen molar-refractivity contribution in [3.63, 3.8) is 0 Å². The van der Waals surface area contributed by atoms with Crippen LogP contribution in [0.2, 0.25) is 0 Å². The van der Waals surface area contributed by atoms with Crippen molar-refractivity contribution in [3.05, 3.63) is 113 Å². The zero-order valence-electron chi connectivity index (χ0n) is 17.2. The number of hydrogen-bond acceptors (Lipinski definition) is 4. The van der Waals surface area contributed by atoms with Crippen LogP contribution in [0, 0.1) is 11.6 Å². The van der Waals surface area contributed by atoms with Crippen LogP contribution in [0.5, 0.6) is 11.5 Å². The fourth-order valence-electron chi connectivity index (χ4n) is 3.51. The molecule has 3 aromatic carbocycles. The van der Waals surface area contributed by atoms with E-state index in [2.05, 4.69) is 15.3 Å². The molecule has 7 heteroatoms. The molecule has 33 heavy (non-hydrogen) atoms. The van der Waals surface area contributed by atoms with Gasteiger partial charge in [-0.15, -0.1) is 0 Å². The Morgan fingerprint density at radius 2 is 1.70 bits per heavy atom. The van der Waals surface area contributed by atoms with Gasteiger partial charge in [-0.2, -0.15) is 0 Å². The summed E-state index contributed by atoms with van der Waals surface area (Å²) in [6.07, 6.45) is 3.12. The first kappa shape index (κ1) is 20.4. The van der Waals surface area contributed by atoms with Crippen molar-refractivity contribution in [2.24, 2.45) is 0 Å². The fraction of sp³-hybridized carbons (Fsp3) is 0. The van der Waals surface area contributed by atoms with Crippen molar-refractivity contribution in [3.8, 4) is 22.6 Å². The first-order valence-corrected chi connectivity index (χ1v) is 10.1. The predicted octanol–water partition coefficient (Wildman–Crippen LogP) is 6.40. The Labute approximate surface area is 187 Å². The highest BCUT2D eigenvalue weighted by Gasteiger charge is 2.14. The zero-order valence-corrected chi connectivity index (χ0v) is 17.2. The van der Waals surface area contributed by atoms with Crippen molar-refractivity contribution in [2.45, 2.75) is 0 Å². The van der Waals surface area contributed by atoms with Gasteiger partial charge in [-0.1, -0.05) is 30.3 Å². The number of fused-ring (bicyclic) bond motifs is 1. The van der Waals surface area contributed by atoms with Crippen LogP contribution in [0.1, 0.15) is 0 Å². The van der Waals surface area contributed by atoms with E-state index in [1.165, 1.54) is 36.4 Å². The second-order valence-electron chi connectivity index (χ2n) is 7.31. The largest absolute Gasteiger partial charge is 0.454 e. The van der Waals surface area contributed by atoms with E-state index in [1.54, 1.807) is 48.8 Å². The standard InChI is InChI=1S/C26H17F2N3O2/c27-17-8-6-16(7-9-17)20-15-30-22-12-13-29-26(24(22)25(20)32)31-18-10-11-23(21(28)14-18)33-19-4-2-1-3-5-19/h1-15H,(H,29,31)(H,30,32). The molecule has 0 radical (unpaired) electrons. The summed E-state index contributed by atoms with van der Waals surface area (Å²) in [6, 6.07) is 20.7. The average molecular weight is 441 g/mol. The minimum Gasteiger partial charge on any atom is -0.454 e. The van der Waals surface area contributed by atoms with E-state index in [4.69, 9.17) is 4.74 Å². The van der Waals surface area contributed by atoms with Gasteiger partial charge >= 0.3 is 0 Å². The van der Waals surface area contributed by atoms with Gasteiger partial charge in [0.05, 0.1) is 10.9 Å². The summed E-state index contributed by atoms with van der Waals surface area (Å²) in [5, 5.41) is 3.33. The first-order chi connectivity index (χ1) is 16.1. The Balaban J connectivity index is 1.50. The van der Waals surface area contributed by atoms with E-state index < -0.39 is 5.82 Å². The van der Waals surface area contributed by atoms with Crippen LogP contribution in [-0.2, 0) is 0 Å². The van der Waals surface area contributed by atoms with E-state index in [-0.39, 0.29) is 22.8 Å². The molecule has 0 unspecified atom stereocenters. The van der Waals surface area contributed by atoms with Gasteiger partial charge in [0.2, 0.25) is 5.43 Å². The number of para-hydroxylation sites is 1. The minimum atomic E-state index is -0.565. The summed E-state index contributed by atoms with van der Waals surface area (Å²) in [5.41, 5.74) is 1.63. The number of rotatable bonds is 5. The first-order valence-electron chi connectivity index (χ1n) is 10.1. The molecule has 0 aliphatic heterocycles. The quantitative estimate of drug-likeness (QED) is 0.331. The lowest BCUT2D eigenvalue weighted by molar-refractivity contribution is 0.442.